The summed E-state index contributed by atoms with van der Waals surface area (Å²) in [7, 11) is 1.61. The number of anilines is 1. The van der Waals surface area contributed by atoms with Crippen molar-refractivity contribution in [3.8, 4) is 5.75 Å². The third-order valence-electron chi connectivity index (χ3n) is 3.94. The number of rotatable bonds is 6. The normalized spacial score (nSPS) is 10.9. The molecule has 2 amide bonds. The van der Waals surface area contributed by atoms with Gasteiger partial charge in [0.1, 0.15) is 5.75 Å². The van der Waals surface area contributed by atoms with Crippen LogP contribution in [0.3, 0.4) is 0 Å². The summed E-state index contributed by atoms with van der Waals surface area (Å²) in [6, 6.07) is 14.9. The van der Waals surface area contributed by atoms with Crippen molar-refractivity contribution < 1.29 is 14.3 Å². The number of ether oxygens (including phenoxy) is 1. The Kier molecular flexibility index (Phi) is 6.39. The standard InChI is InChI=1S/C21H26N2O3/c1-21(2,3)17-7-5-6-8-18(17)26-14-20(25)23-16-11-9-15(10-12-16)13-19(24)22-4/h5-12H,13-14H2,1-4H3,(H,22,24)(H,23,25). The molecule has 0 saturated heterocycles. The van der Waals surface area contributed by atoms with E-state index in [9.17, 15) is 9.59 Å². The fourth-order valence-electron chi connectivity index (χ4n) is 2.53. The van der Waals surface area contributed by atoms with Gasteiger partial charge in [0.15, 0.2) is 6.61 Å². The summed E-state index contributed by atoms with van der Waals surface area (Å²) in [6.07, 6.45) is 0.317. The highest BCUT2D eigenvalue weighted by molar-refractivity contribution is 5.92. The second kappa shape index (κ2) is 8.52. The maximum Gasteiger partial charge on any atom is 0.262 e. The monoisotopic (exact) mass is 354 g/mol. The van der Waals surface area contributed by atoms with Crippen LogP contribution in [0.2, 0.25) is 0 Å². The van der Waals surface area contributed by atoms with Crippen molar-refractivity contribution in [2.24, 2.45) is 0 Å². The highest BCUT2D eigenvalue weighted by Gasteiger charge is 2.18. The van der Waals surface area contributed by atoms with E-state index in [1.165, 1.54) is 0 Å². The van der Waals surface area contributed by atoms with E-state index in [0.29, 0.717) is 12.1 Å². The number of amides is 2. The molecule has 2 aromatic carbocycles. The van der Waals surface area contributed by atoms with Crippen LogP contribution in [0.4, 0.5) is 5.69 Å². The third-order valence-corrected chi connectivity index (χ3v) is 3.94. The third kappa shape index (κ3) is 5.62. The summed E-state index contributed by atoms with van der Waals surface area (Å²) in [5, 5.41) is 5.38. The minimum absolute atomic E-state index is 0.0484. The van der Waals surface area contributed by atoms with E-state index in [1.54, 1.807) is 19.2 Å². The average molecular weight is 354 g/mol. The Bertz CT molecular complexity index is 762. The predicted molar refractivity (Wildman–Crippen MR) is 103 cm³/mol. The highest BCUT2D eigenvalue weighted by atomic mass is 16.5. The van der Waals surface area contributed by atoms with Crippen molar-refractivity contribution in [3.05, 3.63) is 59.7 Å². The maximum atomic E-state index is 12.2. The molecule has 0 heterocycles. The molecular formula is C21H26N2O3. The summed E-state index contributed by atoms with van der Waals surface area (Å²) < 4.78 is 5.72. The molecule has 5 heteroatoms. The minimum atomic E-state index is -0.229. The Hall–Kier alpha value is -2.82. The van der Waals surface area contributed by atoms with Gasteiger partial charge in [-0.1, -0.05) is 51.1 Å². The van der Waals surface area contributed by atoms with Crippen LogP contribution in [-0.4, -0.2) is 25.5 Å². The first-order chi connectivity index (χ1) is 12.3. The van der Waals surface area contributed by atoms with E-state index >= 15 is 0 Å². The Labute approximate surface area is 154 Å². The fourth-order valence-corrected chi connectivity index (χ4v) is 2.53. The second-order valence-electron chi connectivity index (χ2n) is 7.13. The lowest BCUT2D eigenvalue weighted by atomic mass is 9.86. The molecule has 0 atom stereocenters. The number of hydrogen-bond donors (Lipinski definition) is 2. The summed E-state index contributed by atoms with van der Waals surface area (Å²) in [4.78, 5) is 23.5. The van der Waals surface area contributed by atoms with Gasteiger partial charge in [-0.2, -0.15) is 0 Å². The van der Waals surface area contributed by atoms with Gasteiger partial charge in [-0.15, -0.1) is 0 Å². The molecule has 0 unspecified atom stereocenters. The van der Waals surface area contributed by atoms with Crippen LogP contribution < -0.4 is 15.4 Å². The molecule has 0 aromatic heterocycles. The average Bonchev–Trinajstić information content (AvgIpc) is 2.61. The minimum Gasteiger partial charge on any atom is -0.483 e. The molecule has 0 aliphatic rings. The van der Waals surface area contributed by atoms with Crippen LogP contribution in [-0.2, 0) is 21.4 Å². The molecule has 26 heavy (non-hydrogen) atoms. The number of likely N-dealkylation sites (N-methyl/N-ethyl adjacent to an activating group) is 1. The predicted octanol–water partition coefficient (Wildman–Crippen LogP) is 3.29. The number of hydrogen-bond acceptors (Lipinski definition) is 3. The molecule has 2 rings (SSSR count). The molecule has 0 bridgehead atoms. The van der Waals surface area contributed by atoms with Crippen molar-refractivity contribution in [3.63, 3.8) is 0 Å². The van der Waals surface area contributed by atoms with Gasteiger partial charge < -0.3 is 15.4 Å². The van der Waals surface area contributed by atoms with Gasteiger partial charge in [-0.05, 0) is 34.7 Å². The van der Waals surface area contributed by atoms with Gasteiger partial charge in [-0.25, -0.2) is 0 Å². The van der Waals surface area contributed by atoms with E-state index in [1.807, 2.05) is 36.4 Å². The van der Waals surface area contributed by atoms with Gasteiger partial charge in [0.25, 0.3) is 5.91 Å². The van der Waals surface area contributed by atoms with Gasteiger partial charge in [0.2, 0.25) is 5.91 Å². The van der Waals surface area contributed by atoms with Crippen molar-refractivity contribution in [1.82, 2.24) is 5.32 Å². The summed E-state index contributed by atoms with van der Waals surface area (Å²) in [6.45, 7) is 6.26. The molecule has 0 aliphatic heterocycles. The smallest absolute Gasteiger partial charge is 0.262 e. The fraction of sp³-hybridized carbons (Fsp3) is 0.333. The second-order valence-corrected chi connectivity index (χ2v) is 7.13. The summed E-state index contributed by atoms with van der Waals surface area (Å²) in [5.41, 5.74) is 2.56. The number of carbonyl (C=O) groups is 2. The van der Waals surface area contributed by atoms with Crippen LogP contribution in [0.15, 0.2) is 48.5 Å². The molecule has 2 N–H and O–H groups in total. The van der Waals surface area contributed by atoms with Gasteiger partial charge in [0, 0.05) is 12.7 Å². The molecule has 0 saturated carbocycles. The largest absolute Gasteiger partial charge is 0.483 e. The van der Waals surface area contributed by atoms with E-state index in [2.05, 4.69) is 31.4 Å². The van der Waals surface area contributed by atoms with Crippen LogP contribution in [0, 0.1) is 0 Å². The first-order valence-corrected chi connectivity index (χ1v) is 8.61. The van der Waals surface area contributed by atoms with Crippen molar-refractivity contribution >= 4 is 17.5 Å². The quantitative estimate of drug-likeness (QED) is 0.836. The number of nitrogens with one attached hydrogen (secondary N) is 2. The number of para-hydroxylation sites is 1. The Morgan fingerprint density at radius 1 is 0.962 bits per heavy atom. The molecule has 0 radical (unpaired) electrons. The summed E-state index contributed by atoms with van der Waals surface area (Å²) in [5.74, 6) is 0.441. The van der Waals surface area contributed by atoms with Crippen molar-refractivity contribution in [1.29, 1.82) is 0 Å². The van der Waals surface area contributed by atoms with E-state index in [0.717, 1.165) is 16.9 Å². The zero-order valence-corrected chi connectivity index (χ0v) is 15.8. The first-order valence-electron chi connectivity index (χ1n) is 8.61. The van der Waals surface area contributed by atoms with E-state index < -0.39 is 0 Å². The zero-order chi connectivity index (χ0) is 19.2. The van der Waals surface area contributed by atoms with E-state index in [-0.39, 0.29) is 23.8 Å². The lowest BCUT2D eigenvalue weighted by Crippen LogP contribution is -2.22. The molecule has 2 aromatic rings. The van der Waals surface area contributed by atoms with Crippen LogP contribution in [0.1, 0.15) is 31.9 Å². The molecule has 0 spiro atoms. The SMILES string of the molecule is CNC(=O)Cc1ccc(NC(=O)COc2ccccc2C(C)(C)C)cc1. The zero-order valence-electron chi connectivity index (χ0n) is 15.8. The van der Waals surface area contributed by atoms with Gasteiger partial charge in [-0.3, -0.25) is 9.59 Å². The molecule has 0 aliphatic carbocycles. The molecule has 0 fully saturated rings. The lowest BCUT2D eigenvalue weighted by molar-refractivity contribution is -0.120. The van der Waals surface area contributed by atoms with Crippen LogP contribution >= 0.6 is 0 Å². The topological polar surface area (TPSA) is 67.4 Å². The van der Waals surface area contributed by atoms with Crippen molar-refractivity contribution in [2.45, 2.75) is 32.6 Å². The Morgan fingerprint density at radius 3 is 2.23 bits per heavy atom. The Balaban J connectivity index is 1.93. The van der Waals surface area contributed by atoms with Crippen molar-refractivity contribution in [2.75, 3.05) is 19.0 Å². The highest BCUT2D eigenvalue weighted by Crippen LogP contribution is 2.30. The molecular weight excluding hydrogens is 328 g/mol. The first kappa shape index (κ1) is 19.5. The van der Waals surface area contributed by atoms with Crippen LogP contribution in [0.25, 0.3) is 0 Å². The van der Waals surface area contributed by atoms with Crippen LogP contribution in [0.5, 0.6) is 5.75 Å². The molecule has 5 nitrogen and oxygen atoms in total. The van der Waals surface area contributed by atoms with Gasteiger partial charge in [0.05, 0.1) is 6.42 Å². The summed E-state index contributed by atoms with van der Waals surface area (Å²) >= 11 is 0. The number of carbonyl (C=O) groups excluding carboxylic acids is 2. The van der Waals surface area contributed by atoms with Gasteiger partial charge >= 0.3 is 0 Å². The molecule has 138 valence electrons. The van der Waals surface area contributed by atoms with E-state index in [4.69, 9.17) is 4.74 Å². The number of benzene rings is 2. The lowest BCUT2D eigenvalue weighted by Gasteiger charge is -2.22. The Morgan fingerprint density at radius 2 is 1.62 bits per heavy atom. The maximum absolute atomic E-state index is 12.2.